The van der Waals surface area contributed by atoms with Crippen molar-refractivity contribution in [1.29, 1.82) is 0 Å². The fourth-order valence-electron chi connectivity index (χ4n) is 1.35. The van der Waals surface area contributed by atoms with Crippen LogP contribution in [0.2, 0.25) is 0 Å². The summed E-state index contributed by atoms with van der Waals surface area (Å²) in [7, 11) is 0. The molecule has 0 bridgehead atoms. The van der Waals surface area contributed by atoms with Gasteiger partial charge in [-0.1, -0.05) is 6.07 Å². The molecule has 2 aromatic heterocycles. The van der Waals surface area contributed by atoms with Gasteiger partial charge in [-0.2, -0.15) is 4.37 Å². The van der Waals surface area contributed by atoms with E-state index in [0.717, 1.165) is 17.3 Å². The molecule has 0 amide bonds. The summed E-state index contributed by atoms with van der Waals surface area (Å²) in [6, 6.07) is 3.86. The van der Waals surface area contributed by atoms with Gasteiger partial charge in [0.1, 0.15) is 18.9 Å². The zero-order valence-corrected chi connectivity index (χ0v) is 10.5. The standard InChI is InChI=1S/C11H14N4O2S/c16-10(8-17-11-7-14-18-15-11)6-13-5-9-2-1-3-12-4-9/h1-4,7,10,13,16H,5-6,8H2. The zero-order valence-electron chi connectivity index (χ0n) is 9.69. The Kier molecular flexibility index (Phi) is 5.00. The van der Waals surface area contributed by atoms with Crippen molar-refractivity contribution in [3.05, 3.63) is 36.3 Å². The molecule has 0 aliphatic heterocycles. The van der Waals surface area contributed by atoms with Gasteiger partial charge in [-0.25, -0.2) is 0 Å². The van der Waals surface area contributed by atoms with Crippen molar-refractivity contribution < 1.29 is 9.84 Å². The van der Waals surface area contributed by atoms with Gasteiger partial charge in [0.05, 0.1) is 11.7 Å². The lowest BCUT2D eigenvalue weighted by Crippen LogP contribution is -2.31. The van der Waals surface area contributed by atoms with E-state index in [4.69, 9.17) is 4.74 Å². The van der Waals surface area contributed by atoms with Gasteiger partial charge in [-0.05, 0) is 11.6 Å². The van der Waals surface area contributed by atoms with Gasteiger partial charge < -0.3 is 15.2 Å². The molecule has 6 nitrogen and oxygen atoms in total. The highest BCUT2D eigenvalue weighted by Gasteiger charge is 2.06. The van der Waals surface area contributed by atoms with Crippen LogP contribution in [-0.2, 0) is 6.54 Å². The summed E-state index contributed by atoms with van der Waals surface area (Å²) in [6.45, 7) is 1.32. The van der Waals surface area contributed by atoms with Gasteiger partial charge in [0.25, 0.3) is 0 Å². The number of aliphatic hydroxyl groups is 1. The Morgan fingerprint density at radius 3 is 3.11 bits per heavy atom. The van der Waals surface area contributed by atoms with Crippen LogP contribution in [0.1, 0.15) is 5.56 Å². The van der Waals surface area contributed by atoms with Crippen molar-refractivity contribution in [3.63, 3.8) is 0 Å². The van der Waals surface area contributed by atoms with E-state index < -0.39 is 6.10 Å². The first-order valence-electron chi connectivity index (χ1n) is 5.52. The summed E-state index contributed by atoms with van der Waals surface area (Å²) in [6.07, 6.45) is 4.47. The third-order valence-corrected chi connectivity index (χ3v) is 2.66. The molecule has 0 fully saturated rings. The minimum Gasteiger partial charge on any atom is -0.473 e. The van der Waals surface area contributed by atoms with Gasteiger partial charge >= 0.3 is 0 Å². The predicted octanol–water partition coefficient (Wildman–Crippen LogP) is 0.463. The average Bonchev–Trinajstić information content (AvgIpc) is 2.91. The van der Waals surface area contributed by atoms with E-state index in [0.29, 0.717) is 19.0 Å². The van der Waals surface area contributed by atoms with E-state index in [2.05, 4.69) is 19.0 Å². The van der Waals surface area contributed by atoms with Crippen LogP contribution in [0.25, 0.3) is 0 Å². The summed E-state index contributed by atoms with van der Waals surface area (Å²) in [5.41, 5.74) is 1.08. The van der Waals surface area contributed by atoms with Crippen molar-refractivity contribution in [2.45, 2.75) is 12.6 Å². The normalized spacial score (nSPS) is 12.3. The molecule has 2 rings (SSSR count). The Balaban J connectivity index is 1.61. The Labute approximate surface area is 109 Å². The van der Waals surface area contributed by atoms with Crippen LogP contribution in [0.3, 0.4) is 0 Å². The predicted molar refractivity (Wildman–Crippen MR) is 67.4 cm³/mol. The summed E-state index contributed by atoms with van der Waals surface area (Å²) < 4.78 is 12.9. The maximum atomic E-state index is 9.68. The average molecular weight is 266 g/mol. The highest BCUT2D eigenvalue weighted by Crippen LogP contribution is 2.05. The minimum atomic E-state index is -0.580. The van der Waals surface area contributed by atoms with E-state index in [9.17, 15) is 5.11 Å². The first-order chi connectivity index (χ1) is 8.84. The molecular weight excluding hydrogens is 252 g/mol. The number of aromatic nitrogens is 3. The number of rotatable bonds is 7. The van der Waals surface area contributed by atoms with E-state index in [1.54, 1.807) is 12.4 Å². The number of nitrogens with zero attached hydrogens (tertiary/aromatic N) is 3. The van der Waals surface area contributed by atoms with Gasteiger partial charge in [0.15, 0.2) is 0 Å². The molecule has 0 aromatic carbocycles. The van der Waals surface area contributed by atoms with Crippen LogP contribution in [-0.4, -0.2) is 38.1 Å². The molecule has 0 aliphatic carbocycles. The van der Waals surface area contributed by atoms with Crippen molar-refractivity contribution in [2.24, 2.45) is 0 Å². The van der Waals surface area contributed by atoms with Gasteiger partial charge in [-0.15, -0.1) is 4.37 Å². The maximum absolute atomic E-state index is 9.68. The van der Waals surface area contributed by atoms with E-state index in [1.807, 2.05) is 12.1 Å². The van der Waals surface area contributed by atoms with Gasteiger partial charge in [-0.3, -0.25) is 4.98 Å². The Bertz CT molecular complexity index is 438. The molecule has 0 saturated carbocycles. The molecule has 1 unspecified atom stereocenters. The largest absolute Gasteiger partial charge is 0.473 e. The van der Waals surface area contributed by atoms with Gasteiger partial charge in [0, 0.05) is 25.5 Å². The fourth-order valence-corrected chi connectivity index (χ4v) is 1.71. The van der Waals surface area contributed by atoms with Crippen LogP contribution in [0.5, 0.6) is 5.88 Å². The lowest BCUT2D eigenvalue weighted by Gasteiger charge is -2.11. The van der Waals surface area contributed by atoms with Crippen LogP contribution < -0.4 is 10.1 Å². The minimum absolute atomic E-state index is 0.200. The highest BCUT2D eigenvalue weighted by molar-refractivity contribution is 6.99. The van der Waals surface area contributed by atoms with Crippen LogP contribution >= 0.6 is 11.7 Å². The van der Waals surface area contributed by atoms with E-state index >= 15 is 0 Å². The van der Waals surface area contributed by atoms with Gasteiger partial charge in [0.2, 0.25) is 5.88 Å². The number of ether oxygens (including phenoxy) is 1. The van der Waals surface area contributed by atoms with E-state index in [-0.39, 0.29) is 6.61 Å². The molecular formula is C11H14N4O2S. The third kappa shape index (κ3) is 4.36. The van der Waals surface area contributed by atoms with Crippen molar-refractivity contribution in [2.75, 3.05) is 13.2 Å². The van der Waals surface area contributed by atoms with Crippen molar-refractivity contribution in [1.82, 2.24) is 19.0 Å². The second-order valence-electron chi connectivity index (χ2n) is 3.70. The fraction of sp³-hybridized carbons (Fsp3) is 0.364. The Morgan fingerprint density at radius 1 is 1.44 bits per heavy atom. The topological polar surface area (TPSA) is 80.2 Å². The monoisotopic (exact) mass is 266 g/mol. The number of hydrogen-bond donors (Lipinski definition) is 2. The lowest BCUT2D eigenvalue weighted by atomic mass is 10.3. The highest BCUT2D eigenvalue weighted by atomic mass is 32.1. The molecule has 96 valence electrons. The summed E-state index contributed by atoms with van der Waals surface area (Å²) >= 11 is 1.08. The van der Waals surface area contributed by atoms with Crippen LogP contribution in [0, 0.1) is 0 Å². The van der Waals surface area contributed by atoms with Crippen LogP contribution in [0.15, 0.2) is 30.7 Å². The molecule has 2 heterocycles. The summed E-state index contributed by atoms with van der Waals surface area (Å²) in [5, 5.41) is 12.8. The molecule has 2 N–H and O–H groups in total. The number of pyridine rings is 1. The number of nitrogens with one attached hydrogen (secondary N) is 1. The smallest absolute Gasteiger partial charge is 0.245 e. The van der Waals surface area contributed by atoms with E-state index in [1.165, 1.54) is 6.20 Å². The molecule has 0 radical (unpaired) electrons. The second kappa shape index (κ2) is 7.00. The lowest BCUT2D eigenvalue weighted by molar-refractivity contribution is 0.104. The molecule has 0 spiro atoms. The quantitative estimate of drug-likeness (QED) is 0.758. The number of aliphatic hydroxyl groups excluding tert-OH is 1. The maximum Gasteiger partial charge on any atom is 0.245 e. The number of hydrogen-bond acceptors (Lipinski definition) is 7. The molecule has 0 saturated heterocycles. The van der Waals surface area contributed by atoms with Crippen molar-refractivity contribution in [3.8, 4) is 5.88 Å². The zero-order chi connectivity index (χ0) is 12.6. The Morgan fingerprint density at radius 2 is 2.39 bits per heavy atom. The molecule has 7 heteroatoms. The molecule has 1 atom stereocenters. The summed E-state index contributed by atoms with van der Waals surface area (Å²) in [5.74, 6) is 0.450. The second-order valence-corrected chi connectivity index (χ2v) is 4.26. The first-order valence-corrected chi connectivity index (χ1v) is 6.25. The third-order valence-electron chi connectivity index (χ3n) is 2.20. The SMILES string of the molecule is OC(CNCc1cccnc1)COc1cnsn1. The molecule has 18 heavy (non-hydrogen) atoms. The Hall–Kier alpha value is -1.57. The molecule has 2 aromatic rings. The van der Waals surface area contributed by atoms with Crippen LogP contribution in [0.4, 0.5) is 0 Å². The first kappa shape index (κ1) is 12.9. The summed E-state index contributed by atoms with van der Waals surface area (Å²) in [4.78, 5) is 4.01. The molecule has 0 aliphatic rings. The van der Waals surface area contributed by atoms with Crippen molar-refractivity contribution >= 4 is 11.7 Å².